The Labute approximate surface area is 118 Å². The normalized spacial score (nSPS) is 27.6. The van der Waals surface area contributed by atoms with E-state index in [4.69, 9.17) is 11.6 Å². The highest BCUT2D eigenvalue weighted by Gasteiger charge is 2.30. The minimum absolute atomic E-state index is 0.248. The van der Waals surface area contributed by atoms with E-state index in [2.05, 4.69) is 21.8 Å². The number of anilines is 1. The Kier molecular flexibility index (Phi) is 3.63. The first-order valence-electron chi connectivity index (χ1n) is 7.09. The Morgan fingerprint density at radius 3 is 2.79 bits per heavy atom. The standard InChI is InChI=1S/C14H20ClN3O/c1-9-2-3-10(8-19)7-18(9)13-6-12(15)16-14(17-13)11-4-5-11/h6,9-11,19H,2-5,7-8H2,1H3. The van der Waals surface area contributed by atoms with Gasteiger partial charge in [-0.15, -0.1) is 0 Å². The number of hydrogen-bond donors (Lipinski definition) is 1. The van der Waals surface area contributed by atoms with Crippen molar-refractivity contribution >= 4 is 17.4 Å². The van der Waals surface area contributed by atoms with Crippen molar-refractivity contribution in [3.8, 4) is 0 Å². The van der Waals surface area contributed by atoms with Crippen LogP contribution in [0.3, 0.4) is 0 Å². The molecule has 5 heteroatoms. The number of aliphatic hydroxyl groups is 1. The van der Waals surface area contributed by atoms with Crippen LogP contribution in [0.4, 0.5) is 5.82 Å². The van der Waals surface area contributed by atoms with Gasteiger partial charge in [0.15, 0.2) is 0 Å². The first-order valence-corrected chi connectivity index (χ1v) is 7.47. The summed E-state index contributed by atoms with van der Waals surface area (Å²) in [4.78, 5) is 11.3. The van der Waals surface area contributed by atoms with Crippen molar-refractivity contribution in [1.82, 2.24) is 9.97 Å². The van der Waals surface area contributed by atoms with E-state index in [-0.39, 0.29) is 6.61 Å². The molecule has 2 unspecified atom stereocenters. The number of piperidine rings is 1. The van der Waals surface area contributed by atoms with Crippen molar-refractivity contribution in [3.05, 3.63) is 17.0 Å². The minimum atomic E-state index is 0.248. The molecule has 104 valence electrons. The van der Waals surface area contributed by atoms with Crippen LogP contribution in [-0.2, 0) is 0 Å². The molecular formula is C14H20ClN3O. The third-order valence-corrected chi connectivity index (χ3v) is 4.37. The molecule has 0 bridgehead atoms. The van der Waals surface area contributed by atoms with Crippen molar-refractivity contribution in [3.63, 3.8) is 0 Å². The molecule has 0 aromatic carbocycles. The SMILES string of the molecule is CC1CCC(CO)CN1c1cc(Cl)nc(C2CC2)n1. The molecule has 4 nitrogen and oxygen atoms in total. The summed E-state index contributed by atoms with van der Waals surface area (Å²) in [6.45, 7) is 3.31. The lowest BCUT2D eigenvalue weighted by Crippen LogP contribution is -2.43. The Morgan fingerprint density at radius 2 is 2.11 bits per heavy atom. The molecule has 1 saturated carbocycles. The molecule has 2 aliphatic rings. The third-order valence-electron chi connectivity index (χ3n) is 4.17. The molecule has 0 spiro atoms. The Morgan fingerprint density at radius 1 is 1.32 bits per heavy atom. The molecule has 1 aliphatic heterocycles. The van der Waals surface area contributed by atoms with Crippen LogP contribution in [0.25, 0.3) is 0 Å². The highest BCUT2D eigenvalue weighted by molar-refractivity contribution is 6.29. The van der Waals surface area contributed by atoms with Gasteiger partial charge in [-0.2, -0.15) is 0 Å². The largest absolute Gasteiger partial charge is 0.396 e. The molecule has 2 atom stereocenters. The van der Waals surface area contributed by atoms with Gasteiger partial charge in [-0.1, -0.05) is 11.6 Å². The summed E-state index contributed by atoms with van der Waals surface area (Å²) in [5.41, 5.74) is 0. The maximum Gasteiger partial charge on any atom is 0.135 e. The molecule has 1 aromatic rings. The quantitative estimate of drug-likeness (QED) is 0.865. The Bertz CT molecular complexity index is 464. The number of hydrogen-bond acceptors (Lipinski definition) is 4. The molecule has 2 heterocycles. The maximum atomic E-state index is 9.36. The van der Waals surface area contributed by atoms with E-state index in [0.29, 0.717) is 23.0 Å². The number of rotatable bonds is 3. The van der Waals surface area contributed by atoms with Gasteiger partial charge in [0.2, 0.25) is 0 Å². The van der Waals surface area contributed by atoms with Crippen molar-refractivity contribution in [2.45, 2.75) is 44.6 Å². The second kappa shape index (κ2) is 5.25. The van der Waals surface area contributed by atoms with Crippen LogP contribution < -0.4 is 4.90 Å². The van der Waals surface area contributed by atoms with Gasteiger partial charge < -0.3 is 10.0 Å². The zero-order valence-electron chi connectivity index (χ0n) is 11.2. The zero-order chi connectivity index (χ0) is 13.4. The summed E-state index contributed by atoms with van der Waals surface area (Å²) < 4.78 is 0. The minimum Gasteiger partial charge on any atom is -0.396 e. The first-order chi connectivity index (χ1) is 9.17. The maximum absolute atomic E-state index is 9.36. The van der Waals surface area contributed by atoms with Crippen molar-refractivity contribution < 1.29 is 5.11 Å². The smallest absolute Gasteiger partial charge is 0.135 e. The summed E-state index contributed by atoms with van der Waals surface area (Å²) in [7, 11) is 0. The second-order valence-corrected chi connectivity index (χ2v) is 6.20. The van der Waals surface area contributed by atoms with E-state index in [9.17, 15) is 5.11 Å². The van der Waals surface area contributed by atoms with Gasteiger partial charge in [-0.3, -0.25) is 0 Å². The fourth-order valence-corrected chi connectivity index (χ4v) is 2.93. The van der Waals surface area contributed by atoms with Crippen molar-refractivity contribution in [1.29, 1.82) is 0 Å². The molecular weight excluding hydrogens is 262 g/mol. The third kappa shape index (κ3) is 2.84. The van der Waals surface area contributed by atoms with Gasteiger partial charge in [0, 0.05) is 31.2 Å². The van der Waals surface area contributed by atoms with E-state index in [0.717, 1.165) is 31.0 Å². The summed E-state index contributed by atoms with van der Waals surface area (Å²) in [5, 5.41) is 9.90. The lowest BCUT2D eigenvalue weighted by Gasteiger charge is -2.38. The average Bonchev–Trinajstić information content (AvgIpc) is 3.23. The number of aliphatic hydroxyl groups excluding tert-OH is 1. The van der Waals surface area contributed by atoms with Crippen LogP contribution in [0.1, 0.15) is 44.3 Å². The molecule has 1 aromatic heterocycles. The van der Waals surface area contributed by atoms with E-state index >= 15 is 0 Å². The van der Waals surface area contributed by atoms with Crippen molar-refractivity contribution in [2.24, 2.45) is 5.92 Å². The first kappa shape index (κ1) is 13.1. The van der Waals surface area contributed by atoms with Crippen LogP contribution in [0, 0.1) is 5.92 Å². The van der Waals surface area contributed by atoms with Crippen LogP contribution in [-0.4, -0.2) is 34.3 Å². The molecule has 1 saturated heterocycles. The lowest BCUT2D eigenvalue weighted by molar-refractivity contribution is 0.199. The van der Waals surface area contributed by atoms with Crippen LogP contribution >= 0.6 is 11.6 Å². The van der Waals surface area contributed by atoms with Gasteiger partial charge in [-0.25, -0.2) is 9.97 Å². The Balaban J connectivity index is 1.86. The monoisotopic (exact) mass is 281 g/mol. The predicted octanol–water partition coefficient (Wildman–Crippen LogP) is 2.60. The summed E-state index contributed by atoms with van der Waals surface area (Å²) in [6.07, 6.45) is 4.53. The second-order valence-electron chi connectivity index (χ2n) is 5.81. The van der Waals surface area contributed by atoms with Crippen LogP contribution in [0.15, 0.2) is 6.07 Å². The average molecular weight is 282 g/mol. The molecule has 2 fully saturated rings. The molecule has 0 amide bonds. The highest BCUT2D eigenvalue weighted by Crippen LogP contribution is 2.39. The lowest BCUT2D eigenvalue weighted by atomic mass is 9.94. The van der Waals surface area contributed by atoms with E-state index in [1.165, 1.54) is 12.8 Å². The number of halogens is 1. The Hall–Kier alpha value is -0.870. The molecule has 19 heavy (non-hydrogen) atoms. The molecule has 1 N–H and O–H groups in total. The van der Waals surface area contributed by atoms with E-state index in [1.807, 2.05) is 6.07 Å². The predicted molar refractivity (Wildman–Crippen MR) is 75.6 cm³/mol. The molecule has 1 aliphatic carbocycles. The van der Waals surface area contributed by atoms with E-state index in [1.54, 1.807) is 0 Å². The van der Waals surface area contributed by atoms with Gasteiger partial charge in [0.05, 0.1) is 0 Å². The fourth-order valence-electron chi connectivity index (χ4n) is 2.74. The topological polar surface area (TPSA) is 49.2 Å². The van der Waals surface area contributed by atoms with E-state index < -0.39 is 0 Å². The van der Waals surface area contributed by atoms with Crippen LogP contribution in [0.5, 0.6) is 0 Å². The van der Waals surface area contributed by atoms with Gasteiger partial charge in [-0.05, 0) is 38.5 Å². The summed E-state index contributed by atoms with van der Waals surface area (Å²) in [6, 6.07) is 2.30. The summed E-state index contributed by atoms with van der Waals surface area (Å²) in [5.74, 6) is 2.66. The van der Waals surface area contributed by atoms with Crippen LogP contribution in [0.2, 0.25) is 5.15 Å². The van der Waals surface area contributed by atoms with Crippen molar-refractivity contribution in [2.75, 3.05) is 18.1 Å². The van der Waals surface area contributed by atoms with Gasteiger partial charge >= 0.3 is 0 Å². The summed E-state index contributed by atoms with van der Waals surface area (Å²) >= 11 is 6.13. The molecule has 3 rings (SSSR count). The number of nitrogens with zero attached hydrogens (tertiary/aromatic N) is 3. The van der Waals surface area contributed by atoms with Gasteiger partial charge in [0.25, 0.3) is 0 Å². The fraction of sp³-hybridized carbons (Fsp3) is 0.714. The van der Waals surface area contributed by atoms with Gasteiger partial charge in [0.1, 0.15) is 16.8 Å². The molecule has 0 radical (unpaired) electrons. The number of aromatic nitrogens is 2. The zero-order valence-corrected chi connectivity index (χ0v) is 12.0. The highest BCUT2D eigenvalue weighted by atomic mass is 35.5.